The number of halogens is 1. The summed E-state index contributed by atoms with van der Waals surface area (Å²) in [6.07, 6.45) is 1.17. The van der Waals surface area contributed by atoms with E-state index < -0.39 is 0 Å². The molecule has 0 heterocycles. The van der Waals surface area contributed by atoms with Crippen LogP contribution in [-0.4, -0.2) is 12.8 Å². The third kappa shape index (κ3) is 2.32. The minimum atomic E-state index is 0.547. The van der Waals surface area contributed by atoms with Gasteiger partial charge in [0.05, 0.1) is 5.71 Å². The number of hydrogen-bond donors (Lipinski definition) is 0. The van der Waals surface area contributed by atoms with Gasteiger partial charge >= 0.3 is 0 Å². The van der Waals surface area contributed by atoms with Gasteiger partial charge < -0.3 is 4.84 Å². The molecule has 15 heavy (non-hydrogen) atoms. The molecule has 2 rings (SSSR count). The molecular formula is C12H14ClNO. The van der Waals surface area contributed by atoms with Crippen molar-refractivity contribution < 1.29 is 4.84 Å². The molecule has 1 aromatic rings. The van der Waals surface area contributed by atoms with Crippen molar-refractivity contribution in [2.45, 2.75) is 19.3 Å². The van der Waals surface area contributed by atoms with Crippen LogP contribution in [0.1, 0.15) is 24.8 Å². The molecule has 1 saturated carbocycles. The average Bonchev–Trinajstić information content (AvgIpc) is 2.99. The van der Waals surface area contributed by atoms with Crippen LogP contribution in [0.4, 0.5) is 0 Å². The molecule has 3 heteroatoms. The maximum atomic E-state index is 5.84. The molecule has 2 nitrogen and oxygen atoms in total. The first-order valence-corrected chi connectivity index (χ1v) is 5.43. The number of oxime groups is 1. The van der Waals surface area contributed by atoms with E-state index in [0.717, 1.165) is 10.7 Å². The van der Waals surface area contributed by atoms with E-state index >= 15 is 0 Å². The van der Waals surface area contributed by atoms with Gasteiger partial charge in [-0.25, -0.2) is 0 Å². The zero-order valence-electron chi connectivity index (χ0n) is 8.90. The third-order valence-electron chi connectivity index (χ3n) is 2.86. The van der Waals surface area contributed by atoms with Crippen molar-refractivity contribution in [3.05, 3.63) is 34.9 Å². The second-order valence-corrected chi connectivity index (χ2v) is 4.35. The predicted molar refractivity (Wildman–Crippen MR) is 62.4 cm³/mol. The summed E-state index contributed by atoms with van der Waals surface area (Å²) in [7, 11) is 1.59. The van der Waals surface area contributed by atoms with Gasteiger partial charge in [0, 0.05) is 10.9 Å². The Morgan fingerprint density at radius 2 is 2.07 bits per heavy atom. The standard InChI is InChI=1S/C12H14ClNO/c1-8(14-15-2)11-7-12(11)9-3-5-10(13)6-4-9/h3-6,11-12H,7H2,1-2H3/b14-8-/t11-,12-/m1/s1. The van der Waals surface area contributed by atoms with E-state index in [-0.39, 0.29) is 0 Å². The molecule has 0 radical (unpaired) electrons. The van der Waals surface area contributed by atoms with Crippen LogP contribution in [0.3, 0.4) is 0 Å². The van der Waals surface area contributed by atoms with Crippen LogP contribution in [0.5, 0.6) is 0 Å². The lowest BCUT2D eigenvalue weighted by atomic mass is 10.1. The first-order chi connectivity index (χ1) is 7.22. The molecule has 0 unspecified atom stereocenters. The smallest absolute Gasteiger partial charge is 0.106 e. The Morgan fingerprint density at radius 3 is 2.67 bits per heavy atom. The summed E-state index contributed by atoms with van der Waals surface area (Å²) in [6.45, 7) is 2.02. The van der Waals surface area contributed by atoms with Gasteiger partial charge in [-0.15, -0.1) is 0 Å². The molecule has 0 N–H and O–H groups in total. The summed E-state index contributed by atoms with van der Waals surface area (Å²) in [6, 6.07) is 8.06. The minimum absolute atomic E-state index is 0.547. The lowest BCUT2D eigenvalue weighted by molar-refractivity contribution is 0.212. The number of nitrogens with zero attached hydrogens (tertiary/aromatic N) is 1. The Hall–Kier alpha value is -1.02. The van der Waals surface area contributed by atoms with Crippen molar-refractivity contribution >= 4 is 17.3 Å². The van der Waals surface area contributed by atoms with Crippen LogP contribution in [0, 0.1) is 5.92 Å². The normalized spacial score (nSPS) is 25.1. The topological polar surface area (TPSA) is 21.6 Å². The fraction of sp³-hybridized carbons (Fsp3) is 0.417. The molecule has 80 valence electrons. The summed E-state index contributed by atoms with van der Waals surface area (Å²) in [4.78, 5) is 4.78. The molecule has 0 aliphatic heterocycles. The zero-order valence-corrected chi connectivity index (χ0v) is 9.66. The highest BCUT2D eigenvalue weighted by molar-refractivity contribution is 6.30. The van der Waals surface area contributed by atoms with Crippen molar-refractivity contribution in [2.24, 2.45) is 11.1 Å². The van der Waals surface area contributed by atoms with Crippen molar-refractivity contribution in [3.63, 3.8) is 0 Å². The first-order valence-electron chi connectivity index (χ1n) is 5.05. The summed E-state index contributed by atoms with van der Waals surface area (Å²) < 4.78 is 0. The van der Waals surface area contributed by atoms with E-state index in [1.54, 1.807) is 7.11 Å². The Balaban J connectivity index is 2.05. The SMILES string of the molecule is CO/N=C(/C)[C@H]1C[C@@H]1c1ccc(Cl)cc1. The maximum absolute atomic E-state index is 5.84. The van der Waals surface area contributed by atoms with Crippen molar-refractivity contribution in [1.82, 2.24) is 0 Å². The van der Waals surface area contributed by atoms with Gasteiger partial charge in [-0.05, 0) is 37.0 Å². The fourth-order valence-electron chi connectivity index (χ4n) is 1.95. The van der Waals surface area contributed by atoms with Crippen LogP contribution in [0.25, 0.3) is 0 Å². The highest BCUT2D eigenvalue weighted by Gasteiger charge is 2.40. The Kier molecular flexibility index (Phi) is 2.96. The number of benzene rings is 1. The van der Waals surface area contributed by atoms with Gasteiger partial charge in [0.15, 0.2) is 0 Å². The van der Waals surface area contributed by atoms with Gasteiger partial charge in [-0.3, -0.25) is 0 Å². The van der Waals surface area contributed by atoms with E-state index in [4.69, 9.17) is 16.4 Å². The van der Waals surface area contributed by atoms with E-state index in [1.807, 2.05) is 19.1 Å². The van der Waals surface area contributed by atoms with Gasteiger partial charge in [-0.1, -0.05) is 28.9 Å². The van der Waals surface area contributed by atoms with Crippen LogP contribution >= 0.6 is 11.6 Å². The number of hydrogen-bond acceptors (Lipinski definition) is 2. The van der Waals surface area contributed by atoms with Gasteiger partial charge in [-0.2, -0.15) is 0 Å². The van der Waals surface area contributed by atoms with E-state index in [9.17, 15) is 0 Å². The minimum Gasteiger partial charge on any atom is -0.399 e. The lowest BCUT2D eigenvalue weighted by Crippen LogP contribution is -1.97. The predicted octanol–water partition coefficient (Wildman–Crippen LogP) is 3.47. The van der Waals surface area contributed by atoms with Crippen LogP contribution in [-0.2, 0) is 4.84 Å². The Morgan fingerprint density at radius 1 is 1.40 bits per heavy atom. The highest BCUT2D eigenvalue weighted by atomic mass is 35.5. The molecule has 0 saturated heterocycles. The molecule has 0 bridgehead atoms. The monoisotopic (exact) mass is 223 g/mol. The molecular weight excluding hydrogens is 210 g/mol. The van der Waals surface area contributed by atoms with Crippen LogP contribution < -0.4 is 0 Å². The van der Waals surface area contributed by atoms with Crippen LogP contribution in [0.2, 0.25) is 5.02 Å². The number of rotatable bonds is 3. The molecule has 1 aliphatic carbocycles. The van der Waals surface area contributed by atoms with Gasteiger partial charge in [0.1, 0.15) is 7.11 Å². The van der Waals surface area contributed by atoms with Crippen molar-refractivity contribution in [3.8, 4) is 0 Å². The Bertz CT molecular complexity index is 372. The lowest BCUT2D eigenvalue weighted by Gasteiger charge is -2.00. The molecule has 2 atom stereocenters. The summed E-state index contributed by atoms with van der Waals surface area (Å²) in [5.74, 6) is 1.15. The fourth-order valence-corrected chi connectivity index (χ4v) is 2.07. The summed E-state index contributed by atoms with van der Waals surface area (Å²) >= 11 is 5.84. The molecule has 1 aromatic carbocycles. The van der Waals surface area contributed by atoms with Gasteiger partial charge in [0.2, 0.25) is 0 Å². The van der Waals surface area contributed by atoms with E-state index in [0.29, 0.717) is 11.8 Å². The third-order valence-corrected chi connectivity index (χ3v) is 3.11. The molecule has 1 fully saturated rings. The maximum Gasteiger partial charge on any atom is 0.106 e. The largest absolute Gasteiger partial charge is 0.399 e. The van der Waals surface area contributed by atoms with Crippen LogP contribution in [0.15, 0.2) is 29.4 Å². The Labute approximate surface area is 94.9 Å². The second kappa shape index (κ2) is 4.23. The van der Waals surface area contributed by atoms with Crippen molar-refractivity contribution in [2.75, 3.05) is 7.11 Å². The summed E-state index contributed by atoms with van der Waals surface area (Å²) in [5, 5.41) is 4.76. The van der Waals surface area contributed by atoms with Crippen molar-refractivity contribution in [1.29, 1.82) is 0 Å². The average molecular weight is 224 g/mol. The molecule has 0 spiro atoms. The highest BCUT2D eigenvalue weighted by Crippen LogP contribution is 2.48. The van der Waals surface area contributed by atoms with E-state index in [1.165, 1.54) is 12.0 Å². The molecule has 1 aliphatic rings. The molecule has 0 amide bonds. The van der Waals surface area contributed by atoms with E-state index in [2.05, 4.69) is 17.3 Å². The molecule has 0 aromatic heterocycles. The van der Waals surface area contributed by atoms with Gasteiger partial charge in [0.25, 0.3) is 0 Å². The zero-order chi connectivity index (χ0) is 10.8. The summed E-state index contributed by atoms with van der Waals surface area (Å²) in [5.41, 5.74) is 2.42. The first kappa shape index (κ1) is 10.5. The second-order valence-electron chi connectivity index (χ2n) is 3.92. The quantitative estimate of drug-likeness (QED) is 0.568.